The molecule has 0 saturated carbocycles. The third kappa shape index (κ3) is 3.60. The van der Waals surface area contributed by atoms with Crippen LogP contribution in [-0.2, 0) is 29.8 Å². The van der Waals surface area contributed by atoms with Crippen LogP contribution < -0.4 is 10.6 Å². The minimum absolute atomic E-state index is 0. The molecule has 128 valence electrons. The number of hydrogen-bond donors (Lipinski definition) is 2. The Hall–Kier alpha value is -1.91. The molecule has 0 spiro atoms. The molecule has 2 N–H and O–H groups in total. The van der Waals surface area contributed by atoms with Crippen molar-refractivity contribution in [2.75, 3.05) is 0 Å². The van der Waals surface area contributed by atoms with Crippen molar-refractivity contribution in [3.63, 3.8) is 0 Å². The quantitative estimate of drug-likeness (QED) is 0.888. The van der Waals surface area contributed by atoms with Crippen LogP contribution in [0.15, 0.2) is 42.5 Å². The second kappa shape index (κ2) is 7.32. The Morgan fingerprint density at radius 3 is 2.62 bits per heavy atom. The lowest BCUT2D eigenvalue weighted by atomic mass is 9.83. The van der Waals surface area contributed by atoms with E-state index < -0.39 is 5.41 Å². The van der Waals surface area contributed by atoms with Crippen molar-refractivity contribution in [2.45, 2.75) is 38.9 Å². The van der Waals surface area contributed by atoms with Crippen molar-refractivity contribution in [3.8, 4) is 0 Å². The van der Waals surface area contributed by atoms with Crippen LogP contribution in [0.5, 0.6) is 0 Å². The van der Waals surface area contributed by atoms with Gasteiger partial charge in [-0.2, -0.15) is 0 Å². The van der Waals surface area contributed by atoms with Crippen LogP contribution >= 0.6 is 12.4 Å². The molecule has 1 aliphatic rings. The third-order valence-corrected chi connectivity index (χ3v) is 4.47. The highest BCUT2D eigenvalue weighted by atomic mass is 35.5. The van der Waals surface area contributed by atoms with Crippen LogP contribution in [0, 0.1) is 5.82 Å². The lowest BCUT2D eigenvalue weighted by molar-refractivity contribution is -0.125. The monoisotopic (exact) mass is 348 g/mol. The molecule has 24 heavy (non-hydrogen) atoms. The first kappa shape index (κ1) is 18.4. The van der Waals surface area contributed by atoms with Gasteiger partial charge in [-0.05, 0) is 36.6 Å². The fourth-order valence-corrected chi connectivity index (χ4v) is 2.95. The summed E-state index contributed by atoms with van der Waals surface area (Å²) in [4.78, 5) is 12.5. The summed E-state index contributed by atoms with van der Waals surface area (Å²) in [6, 6.07) is 12.7. The molecule has 5 heteroatoms. The summed E-state index contributed by atoms with van der Waals surface area (Å²) in [5, 5.41) is 6.23. The number of carbonyl (C=O) groups excluding carboxylic acids is 1. The zero-order valence-corrected chi connectivity index (χ0v) is 14.7. The molecule has 1 heterocycles. The van der Waals surface area contributed by atoms with Crippen LogP contribution in [0.3, 0.4) is 0 Å². The van der Waals surface area contributed by atoms with Crippen molar-refractivity contribution in [1.82, 2.24) is 10.6 Å². The first-order valence-corrected chi connectivity index (χ1v) is 7.83. The van der Waals surface area contributed by atoms with Gasteiger partial charge in [-0.1, -0.05) is 36.4 Å². The fourth-order valence-electron chi connectivity index (χ4n) is 2.95. The average Bonchev–Trinajstić information content (AvgIpc) is 3.00. The largest absolute Gasteiger partial charge is 0.351 e. The van der Waals surface area contributed by atoms with Crippen molar-refractivity contribution in [3.05, 3.63) is 70.5 Å². The number of rotatable bonds is 4. The number of halogens is 2. The van der Waals surface area contributed by atoms with E-state index in [4.69, 9.17) is 0 Å². The fraction of sp³-hybridized carbons (Fsp3) is 0.316. The van der Waals surface area contributed by atoms with Crippen LogP contribution in [0.1, 0.15) is 36.1 Å². The van der Waals surface area contributed by atoms with Crippen LogP contribution in [0.25, 0.3) is 0 Å². The average molecular weight is 349 g/mol. The molecule has 0 radical (unpaired) electrons. The summed E-state index contributed by atoms with van der Waals surface area (Å²) in [5.41, 5.74) is 3.15. The smallest absolute Gasteiger partial charge is 0.230 e. The summed E-state index contributed by atoms with van der Waals surface area (Å²) in [6.07, 6.45) is 0. The number of carbonyl (C=O) groups is 1. The molecule has 0 aromatic heterocycles. The van der Waals surface area contributed by atoms with Crippen LogP contribution in [0.4, 0.5) is 4.39 Å². The number of amides is 1. The highest BCUT2D eigenvalue weighted by molar-refractivity contribution is 5.87. The first-order valence-electron chi connectivity index (χ1n) is 7.83. The molecule has 0 fully saturated rings. The second-order valence-electron chi connectivity index (χ2n) is 6.49. The molecule has 0 saturated heterocycles. The first-order chi connectivity index (χ1) is 11.0. The van der Waals surface area contributed by atoms with Gasteiger partial charge in [0.15, 0.2) is 0 Å². The van der Waals surface area contributed by atoms with Crippen LogP contribution in [0.2, 0.25) is 0 Å². The van der Waals surface area contributed by atoms with E-state index in [1.807, 2.05) is 6.07 Å². The van der Waals surface area contributed by atoms with E-state index in [9.17, 15) is 9.18 Å². The summed E-state index contributed by atoms with van der Waals surface area (Å²) in [6.45, 7) is 5.71. The Balaban J connectivity index is 0.00000208. The van der Waals surface area contributed by atoms with Gasteiger partial charge in [0, 0.05) is 25.2 Å². The van der Waals surface area contributed by atoms with Gasteiger partial charge in [-0.15, -0.1) is 12.4 Å². The molecule has 3 nitrogen and oxygen atoms in total. The highest BCUT2D eigenvalue weighted by Gasteiger charge is 2.31. The molecule has 2 aromatic rings. The Labute approximate surface area is 148 Å². The maximum atomic E-state index is 14.0. The SMILES string of the molecule is CC(C)(C(=O)NCc1ccc2c(c1)CNC2)c1ccccc1F.Cl. The Bertz CT molecular complexity index is 746. The third-order valence-electron chi connectivity index (χ3n) is 4.47. The predicted molar refractivity (Wildman–Crippen MR) is 95.5 cm³/mol. The Kier molecular flexibility index (Phi) is 5.62. The van der Waals surface area contributed by atoms with E-state index in [0.29, 0.717) is 12.1 Å². The van der Waals surface area contributed by atoms with Crippen molar-refractivity contribution in [1.29, 1.82) is 0 Å². The predicted octanol–water partition coefficient (Wildman–Crippen LogP) is 3.44. The van der Waals surface area contributed by atoms with Crippen molar-refractivity contribution < 1.29 is 9.18 Å². The maximum absolute atomic E-state index is 14.0. The van der Waals surface area contributed by atoms with Gasteiger partial charge in [-0.3, -0.25) is 4.79 Å². The van der Waals surface area contributed by atoms with Gasteiger partial charge in [0.05, 0.1) is 5.41 Å². The molecule has 0 bridgehead atoms. The van der Waals surface area contributed by atoms with Gasteiger partial charge < -0.3 is 10.6 Å². The number of nitrogens with one attached hydrogen (secondary N) is 2. The van der Waals surface area contributed by atoms with Crippen molar-refractivity contribution >= 4 is 18.3 Å². The molecule has 0 aliphatic carbocycles. The van der Waals surface area contributed by atoms with Gasteiger partial charge in [0.25, 0.3) is 0 Å². The minimum atomic E-state index is -0.913. The summed E-state index contributed by atoms with van der Waals surface area (Å²) >= 11 is 0. The lowest BCUT2D eigenvalue weighted by Gasteiger charge is -2.24. The zero-order valence-electron chi connectivity index (χ0n) is 13.9. The summed E-state index contributed by atoms with van der Waals surface area (Å²) < 4.78 is 14.0. The van der Waals surface area contributed by atoms with E-state index in [1.54, 1.807) is 32.0 Å². The van der Waals surface area contributed by atoms with E-state index in [1.165, 1.54) is 17.2 Å². The standard InChI is InChI=1S/C19H21FN2O.ClH/c1-19(2,16-5-3-4-6-17(16)20)18(23)22-10-13-7-8-14-11-21-12-15(14)9-13;/h3-9,21H,10-12H2,1-2H3,(H,22,23);1H. The van der Waals surface area contributed by atoms with Crippen LogP contribution in [-0.4, -0.2) is 5.91 Å². The van der Waals surface area contributed by atoms with E-state index in [-0.39, 0.29) is 24.1 Å². The summed E-state index contributed by atoms with van der Waals surface area (Å²) in [5.74, 6) is -0.530. The van der Waals surface area contributed by atoms with E-state index in [2.05, 4.69) is 22.8 Å². The Morgan fingerprint density at radius 2 is 1.88 bits per heavy atom. The molecule has 1 amide bonds. The van der Waals surface area contributed by atoms with Gasteiger partial charge in [-0.25, -0.2) is 4.39 Å². The molecule has 3 rings (SSSR count). The van der Waals surface area contributed by atoms with Gasteiger partial charge >= 0.3 is 0 Å². The van der Waals surface area contributed by atoms with E-state index in [0.717, 1.165) is 18.7 Å². The second-order valence-corrected chi connectivity index (χ2v) is 6.49. The summed E-state index contributed by atoms with van der Waals surface area (Å²) in [7, 11) is 0. The van der Waals surface area contributed by atoms with Gasteiger partial charge in [0.2, 0.25) is 5.91 Å². The highest BCUT2D eigenvalue weighted by Crippen LogP contribution is 2.26. The molecule has 2 aromatic carbocycles. The van der Waals surface area contributed by atoms with E-state index >= 15 is 0 Å². The van der Waals surface area contributed by atoms with Crippen molar-refractivity contribution in [2.24, 2.45) is 0 Å². The lowest BCUT2D eigenvalue weighted by Crippen LogP contribution is -2.40. The number of hydrogen-bond acceptors (Lipinski definition) is 2. The number of benzene rings is 2. The normalized spacial score (nSPS) is 13.1. The topological polar surface area (TPSA) is 41.1 Å². The minimum Gasteiger partial charge on any atom is -0.351 e. The molecular formula is C19H22ClFN2O. The maximum Gasteiger partial charge on any atom is 0.230 e. The Morgan fingerprint density at radius 1 is 1.17 bits per heavy atom. The molecule has 1 aliphatic heterocycles. The molecule has 0 unspecified atom stereocenters. The molecule has 0 atom stereocenters. The van der Waals surface area contributed by atoms with Gasteiger partial charge in [0.1, 0.15) is 5.82 Å². The molecular weight excluding hydrogens is 327 g/mol. The zero-order chi connectivity index (χ0) is 16.4. The number of fused-ring (bicyclic) bond motifs is 1.